The standard InChI is InChI=1S/C34H39ClN4O5/c1-22(37-33(42)44-19-29-27-10-5-3-8-25(27)26-9-4-6-11-28(26)29)31(40)38-30(20-43-2)32(41)39-34(16-7-17-36-21-34)18-23-12-14-24(35)15-13-23/h3-6,8-15,22,29-30,36H,7,16-21H2,1-2H3,(H,37,42)(H,38,40)(H,39,41)/t22-,30-,34+/m0/s1. The fourth-order valence-corrected chi connectivity index (χ4v) is 6.27. The van der Waals surface area contributed by atoms with E-state index in [9.17, 15) is 14.4 Å². The summed E-state index contributed by atoms with van der Waals surface area (Å²) in [5, 5.41) is 12.6. The van der Waals surface area contributed by atoms with E-state index in [0.717, 1.165) is 47.2 Å². The van der Waals surface area contributed by atoms with Crippen LogP contribution in [0.25, 0.3) is 11.1 Å². The van der Waals surface area contributed by atoms with E-state index in [-0.39, 0.29) is 25.0 Å². The zero-order valence-corrected chi connectivity index (χ0v) is 25.8. The number of halogens is 1. The summed E-state index contributed by atoms with van der Waals surface area (Å²) < 4.78 is 10.9. The highest BCUT2D eigenvalue weighted by Crippen LogP contribution is 2.44. The molecule has 10 heteroatoms. The zero-order valence-electron chi connectivity index (χ0n) is 25.0. The van der Waals surface area contributed by atoms with Gasteiger partial charge in [-0.15, -0.1) is 0 Å². The minimum absolute atomic E-state index is 0.0281. The van der Waals surface area contributed by atoms with Gasteiger partial charge in [-0.25, -0.2) is 4.79 Å². The lowest BCUT2D eigenvalue weighted by molar-refractivity contribution is -0.132. The summed E-state index contributed by atoms with van der Waals surface area (Å²) in [7, 11) is 1.47. The third-order valence-corrected chi connectivity index (χ3v) is 8.61. The molecule has 232 valence electrons. The molecule has 5 rings (SSSR count). The number of alkyl carbamates (subject to hydrolysis) is 1. The van der Waals surface area contributed by atoms with Crippen molar-refractivity contribution in [2.75, 3.05) is 33.4 Å². The monoisotopic (exact) mass is 618 g/mol. The molecule has 0 aromatic heterocycles. The maximum absolute atomic E-state index is 13.5. The summed E-state index contributed by atoms with van der Waals surface area (Å²) in [5.41, 5.74) is 4.97. The number of carbonyl (C=O) groups is 3. The SMILES string of the molecule is COC[C@H](NC(=O)[C@H](C)NC(=O)OCC1c2ccccc2-c2ccccc21)C(=O)N[C@@]1(Cc2ccc(Cl)cc2)CCCNC1. The normalized spacial score (nSPS) is 18.8. The van der Waals surface area contributed by atoms with Crippen molar-refractivity contribution in [2.45, 2.75) is 49.7 Å². The molecule has 1 saturated heterocycles. The largest absolute Gasteiger partial charge is 0.449 e. The first kappa shape index (κ1) is 31.5. The Morgan fingerprint density at radius 3 is 2.23 bits per heavy atom. The van der Waals surface area contributed by atoms with Crippen molar-refractivity contribution >= 4 is 29.5 Å². The number of benzene rings is 3. The molecule has 0 unspecified atom stereocenters. The number of piperidine rings is 1. The Bertz CT molecular complexity index is 1430. The van der Waals surface area contributed by atoms with Crippen LogP contribution in [0.2, 0.25) is 5.02 Å². The van der Waals surface area contributed by atoms with Crippen LogP contribution in [0.4, 0.5) is 4.79 Å². The summed E-state index contributed by atoms with van der Waals surface area (Å²) in [6.45, 7) is 3.11. The van der Waals surface area contributed by atoms with E-state index in [1.807, 2.05) is 60.7 Å². The van der Waals surface area contributed by atoms with Crippen LogP contribution in [-0.2, 0) is 25.5 Å². The van der Waals surface area contributed by atoms with E-state index in [2.05, 4.69) is 33.4 Å². The van der Waals surface area contributed by atoms with Crippen LogP contribution in [0.3, 0.4) is 0 Å². The number of hydrogen-bond acceptors (Lipinski definition) is 6. The summed E-state index contributed by atoms with van der Waals surface area (Å²) in [4.78, 5) is 39.4. The molecule has 1 heterocycles. The Hall–Kier alpha value is -3.92. The Morgan fingerprint density at radius 2 is 1.61 bits per heavy atom. The van der Waals surface area contributed by atoms with Gasteiger partial charge in [-0.1, -0.05) is 72.3 Å². The number of carbonyl (C=O) groups excluding carboxylic acids is 3. The molecule has 2 aliphatic rings. The average molecular weight is 619 g/mol. The van der Waals surface area contributed by atoms with Crippen LogP contribution in [0.1, 0.15) is 42.4 Å². The van der Waals surface area contributed by atoms with Gasteiger partial charge in [-0.05, 0) is 72.7 Å². The molecule has 9 nitrogen and oxygen atoms in total. The molecule has 0 saturated carbocycles. The second kappa shape index (κ2) is 14.2. The lowest BCUT2D eigenvalue weighted by Crippen LogP contribution is -2.63. The summed E-state index contributed by atoms with van der Waals surface area (Å²) >= 11 is 6.07. The van der Waals surface area contributed by atoms with Crippen molar-refractivity contribution in [3.63, 3.8) is 0 Å². The van der Waals surface area contributed by atoms with Crippen molar-refractivity contribution in [3.8, 4) is 11.1 Å². The molecule has 1 aliphatic heterocycles. The van der Waals surface area contributed by atoms with E-state index in [0.29, 0.717) is 18.0 Å². The predicted molar refractivity (Wildman–Crippen MR) is 170 cm³/mol. The second-order valence-electron chi connectivity index (χ2n) is 11.6. The molecule has 0 bridgehead atoms. The maximum atomic E-state index is 13.5. The topological polar surface area (TPSA) is 118 Å². The first-order valence-electron chi connectivity index (χ1n) is 15.0. The van der Waals surface area contributed by atoms with Gasteiger partial charge in [0.15, 0.2) is 0 Å². The molecular formula is C34H39ClN4O5. The van der Waals surface area contributed by atoms with Gasteiger partial charge in [0.25, 0.3) is 0 Å². The zero-order chi connectivity index (χ0) is 31.1. The average Bonchev–Trinajstić information content (AvgIpc) is 3.35. The van der Waals surface area contributed by atoms with Gasteiger partial charge in [0.05, 0.1) is 12.1 Å². The Morgan fingerprint density at radius 1 is 0.955 bits per heavy atom. The third-order valence-electron chi connectivity index (χ3n) is 8.35. The predicted octanol–water partition coefficient (Wildman–Crippen LogP) is 4.18. The highest BCUT2D eigenvalue weighted by atomic mass is 35.5. The lowest BCUT2D eigenvalue weighted by Gasteiger charge is -2.40. The van der Waals surface area contributed by atoms with E-state index < -0.39 is 29.6 Å². The molecule has 3 atom stereocenters. The van der Waals surface area contributed by atoms with Crippen LogP contribution in [0.5, 0.6) is 0 Å². The Labute approximate surface area is 263 Å². The number of amides is 3. The number of rotatable bonds is 11. The van der Waals surface area contributed by atoms with Crippen molar-refractivity contribution in [1.29, 1.82) is 0 Å². The van der Waals surface area contributed by atoms with Gasteiger partial charge in [0.1, 0.15) is 18.7 Å². The molecule has 3 aromatic rings. The number of nitrogens with one attached hydrogen (secondary N) is 4. The minimum atomic E-state index is -0.955. The second-order valence-corrected chi connectivity index (χ2v) is 12.0. The highest BCUT2D eigenvalue weighted by Gasteiger charge is 2.37. The van der Waals surface area contributed by atoms with E-state index in [1.165, 1.54) is 7.11 Å². The van der Waals surface area contributed by atoms with Crippen molar-refractivity contribution < 1.29 is 23.9 Å². The summed E-state index contributed by atoms with van der Waals surface area (Å²) in [6.07, 6.45) is 1.58. The fraction of sp³-hybridized carbons (Fsp3) is 0.382. The highest BCUT2D eigenvalue weighted by molar-refractivity contribution is 6.30. The van der Waals surface area contributed by atoms with Crippen LogP contribution < -0.4 is 21.3 Å². The van der Waals surface area contributed by atoms with E-state index in [1.54, 1.807) is 6.92 Å². The van der Waals surface area contributed by atoms with Gasteiger partial charge in [-0.2, -0.15) is 0 Å². The van der Waals surface area contributed by atoms with Crippen molar-refractivity contribution in [3.05, 3.63) is 94.5 Å². The Balaban J connectivity index is 1.17. The lowest BCUT2D eigenvalue weighted by atomic mass is 9.83. The molecule has 1 fully saturated rings. The van der Waals surface area contributed by atoms with Gasteiger partial charge in [-0.3, -0.25) is 9.59 Å². The van der Waals surface area contributed by atoms with Crippen LogP contribution in [0, 0.1) is 0 Å². The molecule has 44 heavy (non-hydrogen) atoms. The van der Waals surface area contributed by atoms with Crippen LogP contribution in [-0.4, -0.2) is 68.9 Å². The Kier molecular flexibility index (Phi) is 10.2. The van der Waals surface area contributed by atoms with Crippen molar-refractivity contribution in [2.24, 2.45) is 0 Å². The summed E-state index contributed by atoms with van der Waals surface area (Å²) in [5.74, 6) is -0.975. The number of methoxy groups -OCH3 is 1. The van der Waals surface area contributed by atoms with Gasteiger partial charge < -0.3 is 30.7 Å². The molecule has 4 N–H and O–H groups in total. The maximum Gasteiger partial charge on any atom is 0.407 e. The van der Waals surface area contributed by atoms with Crippen molar-refractivity contribution in [1.82, 2.24) is 21.3 Å². The molecule has 3 amide bonds. The van der Waals surface area contributed by atoms with Gasteiger partial charge in [0.2, 0.25) is 11.8 Å². The molecule has 0 radical (unpaired) electrons. The first-order chi connectivity index (χ1) is 21.3. The smallest absolute Gasteiger partial charge is 0.407 e. The minimum Gasteiger partial charge on any atom is -0.449 e. The fourth-order valence-electron chi connectivity index (χ4n) is 6.14. The number of ether oxygens (including phenoxy) is 2. The number of fused-ring (bicyclic) bond motifs is 3. The van der Waals surface area contributed by atoms with E-state index >= 15 is 0 Å². The molecule has 1 aliphatic carbocycles. The molecule has 0 spiro atoms. The first-order valence-corrected chi connectivity index (χ1v) is 15.3. The van der Waals surface area contributed by atoms with Gasteiger partial charge in [0, 0.05) is 24.6 Å². The number of hydrogen-bond donors (Lipinski definition) is 4. The summed E-state index contributed by atoms with van der Waals surface area (Å²) in [6, 6.07) is 21.8. The third kappa shape index (κ3) is 7.41. The molecule has 3 aromatic carbocycles. The van der Waals surface area contributed by atoms with E-state index in [4.69, 9.17) is 21.1 Å². The van der Waals surface area contributed by atoms with Crippen LogP contribution >= 0.6 is 11.6 Å². The molecular weight excluding hydrogens is 580 g/mol. The quantitative estimate of drug-likeness (QED) is 0.256. The van der Waals surface area contributed by atoms with Crippen LogP contribution in [0.15, 0.2) is 72.8 Å². The van der Waals surface area contributed by atoms with Gasteiger partial charge >= 0.3 is 6.09 Å².